The number of rotatable bonds is 4. The molecule has 1 atom stereocenters. The van der Waals surface area contributed by atoms with Crippen molar-refractivity contribution < 1.29 is 19.1 Å². The molecule has 1 fully saturated rings. The van der Waals surface area contributed by atoms with Crippen molar-refractivity contribution in [3.8, 4) is 0 Å². The van der Waals surface area contributed by atoms with Gasteiger partial charge in [-0.25, -0.2) is 4.39 Å². The number of Topliss-reactive ketones (excluding diaryl/α,β-unsaturated/α-hetero) is 1. The summed E-state index contributed by atoms with van der Waals surface area (Å²) in [6.07, 6.45) is 3.22. The summed E-state index contributed by atoms with van der Waals surface area (Å²) in [7, 11) is 0. The number of likely N-dealkylation sites (tertiary alicyclic amines) is 1. The number of carbonyl (C=O) groups is 2. The highest BCUT2D eigenvalue weighted by atomic mass is 19.1. The first-order valence-corrected chi connectivity index (χ1v) is 9.04. The van der Waals surface area contributed by atoms with Gasteiger partial charge in [0.05, 0.1) is 11.6 Å². The Bertz CT molecular complexity index is 1080. The van der Waals surface area contributed by atoms with Gasteiger partial charge in [0.15, 0.2) is 0 Å². The second-order valence-corrected chi connectivity index (χ2v) is 6.71. The molecular weight excluding hydrogens is 371 g/mol. The molecule has 0 saturated carbocycles. The van der Waals surface area contributed by atoms with Gasteiger partial charge in [0.1, 0.15) is 11.6 Å². The van der Waals surface area contributed by atoms with Gasteiger partial charge in [0.25, 0.3) is 11.7 Å². The Morgan fingerprint density at radius 3 is 2.38 bits per heavy atom. The number of hydrogen-bond donors (Lipinski definition) is 1. The molecule has 1 saturated heterocycles. The van der Waals surface area contributed by atoms with Crippen LogP contribution in [0.25, 0.3) is 5.76 Å². The topological polar surface area (TPSA) is 70.5 Å². The van der Waals surface area contributed by atoms with E-state index in [4.69, 9.17) is 0 Å². The van der Waals surface area contributed by atoms with Crippen molar-refractivity contribution in [1.29, 1.82) is 0 Å². The number of carbonyl (C=O) groups excluding carboxylic acids is 2. The van der Waals surface area contributed by atoms with Crippen molar-refractivity contribution in [2.24, 2.45) is 0 Å². The number of pyridine rings is 1. The van der Waals surface area contributed by atoms with E-state index in [0.717, 1.165) is 5.56 Å². The largest absolute Gasteiger partial charge is 0.507 e. The molecule has 2 heterocycles. The van der Waals surface area contributed by atoms with Crippen LogP contribution in [0.15, 0.2) is 84.7 Å². The predicted molar refractivity (Wildman–Crippen MR) is 105 cm³/mol. The zero-order valence-corrected chi connectivity index (χ0v) is 15.3. The lowest BCUT2D eigenvalue weighted by Crippen LogP contribution is -2.29. The summed E-state index contributed by atoms with van der Waals surface area (Å²) in [4.78, 5) is 31.1. The van der Waals surface area contributed by atoms with Crippen LogP contribution in [0, 0.1) is 5.82 Å². The SMILES string of the molecule is O=C1C(=O)N(Cc2cccnc2)[C@H](c2ccc(F)cc2)/C1=C(\O)c1ccccc1. The lowest BCUT2D eigenvalue weighted by Gasteiger charge is -2.25. The molecule has 0 spiro atoms. The van der Waals surface area contributed by atoms with Gasteiger partial charge in [0.2, 0.25) is 0 Å². The summed E-state index contributed by atoms with van der Waals surface area (Å²) in [5, 5.41) is 10.9. The maximum atomic E-state index is 13.5. The minimum absolute atomic E-state index is 0.0169. The average molecular weight is 388 g/mol. The Balaban J connectivity index is 1.86. The van der Waals surface area contributed by atoms with Crippen LogP contribution in [-0.4, -0.2) is 26.7 Å². The van der Waals surface area contributed by atoms with Gasteiger partial charge in [-0.05, 0) is 29.3 Å². The number of benzene rings is 2. The molecule has 144 valence electrons. The fourth-order valence-electron chi connectivity index (χ4n) is 3.47. The third-order valence-corrected chi connectivity index (χ3v) is 4.85. The summed E-state index contributed by atoms with van der Waals surface area (Å²) in [6.45, 7) is 0.131. The zero-order chi connectivity index (χ0) is 20.4. The molecule has 0 bridgehead atoms. The third-order valence-electron chi connectivity index (χ3n) is 4.85. The molecule has 6 heteroatoms. The molecule has 1 aromatic heterocycles. The molecule has 1 aliphatic heterocycles. The number of amides is 1. The summed E-state index contributed by atoms with van der Waals surface area (Å²) in [5.74, 6) is -2.18. The Labute approximate surface area is 166 Å². The second kappa shape index (κ2) is 7.67. The van der Waals surface area contributed by atoms with Crippen LogP contribution >= 0.6 is 0 Å². The number of aliphatic hydroxyl groups is 1. The smallest absolute Gasteiger partial charge is 0.295 e. The quantitative estimate of drug-likeness (QED) is 0.419. The van der Waals surface area contributed by atoms with E-state index in [-0.39, 0.29) is 17.9 Å². The third kappa shape index (κ3) is 3.52. The predicted octanol–water partition coefficient (Wildman–Crippen LogP) is 3.84. The molecule has 0 aliphatic carbocycles. The van der Waals surface area contributed by atoms with Gasteiger partial charge >= 0.3 is 0 Å². The Morgan fingerprint density at radius 1 is 1.00 bits per heavy atom. The van der Waals surface area contributed by atoms with Gasteiger partial charge in [-0.3, -0.25) is 14.6 Å². The van der Waals surface area contributed by atoms with Crippen LogP contribution < -0.4 is 0 Å². The highest BCUT2D eigenvalue weighted by Gasteiger charge is 2.46. The fraction of sp³-hybridized carbons (Fsp3) is 0.0870. The number of ketones is 1. The van der Waals surface area contributed by atoms with Crippen molar-refractivity contribution in [3.05, 3.63) is 107 Å². The van der Waals surface area contributed by atoms with Crippen molar-refractivity contribution >= 4 is 17.4 Å². The number of halogens is 1. The second-order valence-electron chi connectivity index (χ2n) is 6.71. The molecule has 4 rings (SSSR count). The van der Waals surface area contributed by atoms with Crippen LogP contribution in [0.2, 0.25) is 0 Å². The minimum Gasteiger partial charge on any atom is -0.507 e. The van der Waals surface area contributed by atoms with Gasteiger partial charge in [-0.1, -0.05) is 48.5 Å². The maximum absolute atomic E-state index is 13.5. The number of nitrogens with zero attached hydrogens (tertiary/aromatic N) is 2. The molecule has 0 unspecified atom stereocenters. The van der Waals surface area contributed by atoms with E-state index in [2.05, 4.69) is 4.98 Å². The lowest BCUT2D eigenvalue weighted by atomic mass is 9.95. The van der Waals surface area contributed by atoms with Gasteiger partial charge in [-0.15, -0.1) is 0 Å². The zero-order valence-electron chi connectivity index (χ0n) is 15.3. The molecule has 1 aliphatic rings. The van der Waals surface area contributed by atoms with E-state index in [1.165, 1.54) is 29.2 Å². The first-order valence-electron chi connectivity index (χ1n) is 9.04. The fourth-order valence-corrected chi connectivity index (χ4v) is 3.47. The first kappa shape index (κ1) is 18.6. The van der Waals surface area contributed by atoms with Crippen LogP contribution in [0.3, 0.4) is 0 Å². The van der Waals surface area contributed by atoms with Crippen LogP contribution in [-0.2, 0) is 16.1 Å². The van der Waals surface area contributed by atoms with Gasteiger partial charge in [0, 0.05) is 24.5 Å². The maximum Gasteiger partial charge on any atom is 0.295 e. The van der Waals surface area contributed by atoms with Crippen LogP contribution in [0.1, 0.15) is 22.7 Å². The summed E-state index contributed by atoms with van der Waals surface area (Å²) < 4.78 is 13.5. The minimum atomic E-state index is -0.837. The van der Waals surface area contributed by atoms with Crippen molar-refractivity contribution in [1.82, 2.24) is 9.88 Å². The van der Waals surface area contributed by atoms with Crippen molar-refractivity contribution in [3.63, 3.8) is 0 Å². The molecule has 3 aromatic rings. The summed E-state index contributed by atoms with van der Waals surface area (Å²) in [5.41, 5.74) is 1.68. The molecule has 1 amide bonds. The van der Waals surface area contributed by atoms with Crippen molar-refractivity contribution in [2.45, 2.75) is 12.6 Å². The molecular formula is C23H17FN2O3. The van der Waals surface area contributed by atoms with E-state index in [0.29, 0.717) is 11.1 Å². The summed E-state index contributed by atoms with van der Waals surface area (Å²) in [6, 6.07) is 16.8. The monoisotopic (exact) mass is 388 g/mol. The Morgan fingerprint density at radius 2 is 1.72 bits per heavy atom. The number of hydrogen-bond acceptors (Lipinski definition) is 4. The van der Waals surface area contributed by atoms with Crippen LogP contribution in [0.4, 0.5) is 4.39 Å². The average Bonchev–Trinajstić information content (AvgIpc) is 3.00. The number of aliphatic hydroxyl groups excluding tert-OH is 1. The van der Waals surface area contributed by atoms with E-state index in [1.54, 1.807) is 54.9 Å². The summed E-state index contributed by atoms with van der Waals surface area (Å²) >= 11 is 0. The van der Waals surface area contributed by atoms with Gasteiger partial charge in [-0.2, -0.15) is 0 Å². The Kier molecular flexibility index (Phi) is 4.91. The highest BCUT2D eigenvalue weighted by Crippen LogP contribution is 2.40. The molecule has 29 heavy (non-hydrogen) atoms. The molecule has 0 radical (unpaired) electrons. The van der Waals surface area contributed by atoms with Crippen molar-refractivity contribution in [2.75, 3.05) is 0 Å². The normalized spacial score (nSPS) is 18.2. The standard InChI is InChI=1S/C23H17FN2O3/c24-18-10-8-16(9-11-18)20-19(21(27)17-6-2-1-3-7-17)22(28)23(29)26(20)14-15-5-4-12-25-13-15/h1-13,20,27H,14H2/b21-19+/t20-/m1/s1. The van der Waals surface area contributed by atoms with E-state index >= 15 is 0 Å². The highest BCUT2D eigenvalue weighted by molar-refractivity contribution is 6.46. The van der Waals surface area contributed by atoms with E-state index in [9.17, 15) is 19.1 Å². The van der Waals surface area contributed by atoms with Crippen LogP contribution in [0.5, 0.6) is 0 Å². The number of aromatic nitrogens is 1. The molecule has 5 nitrogen and oxygen atoms in total. The van der Waals surface area contributed by atoms with E-state index in [1.807, 2.05) is 0 Å². The molecule has 1 N–H and O–H groups in total. The first-order chi connectivity index (χ1) is 14.1. The van der Waals surface area contributed by atoms with E-state index < -0.39 is 23.5 Å². The Hall–Kier alpha value is -3.80. The van der Waals surface area contributed by atoms with Gasteiger partial charge < -0.3 is 10.0 Å². The lowest BCUT2D eigenvalue weighted by molar-refractivity contribution is -0.140. The molecule has 2 aromatic carbocycles.